The normalized spacial score (nSPS) is 13.9. The highest BCUT2D eigenvalue weighted by Crippen LogP contribution is 2.19. The lowest BCUT2D eigenvalue weighted by Crippen LogP contribution is -2.29. The third-order valence-electron chi connectivity index (χ3n) is 4.55. The van der Waals surface area contributed by atoms with Crippen LogP contribution in [0.5, 0.6) is 0 Å². The van der Waals surface area contributed by atoms with Crippen molar-refractivity contribution in [2.45, 2.75) is 51.9 Å². The van der Waals surface area contributed by atoms with Crippen LogP contribution in [0.25, 0.3) is 0 Å². The summed E-state index contributed by atoms with van der Waals surface area (Å²) in [4.78, 5) is 30.5. The van der Waals surface area contributed by atoms with Gasteiger partial charge in [-0.25, -0.2) is 0 Å². The predicted octanol–water partition coefficient (Wildman–Crippen LogP) is 3.57. The van der Waals surface area contributed by atoms with Crippen molar-refractivity contribution in [3.8, 4) is 0 Å². The number of carbonyl (C=O) groups excluding carboxylic acids is 2. The average Bonchev–Trinajstić information content (AvgIpc) is 2.66. The molecule has 2 amide bonds. The van der Waals surface area contributed by atoms with Gasteiger partial charge in [-0.1, -0.05) is 25.0 Å². The maximum atomic E-state index is 12.4. The van der Waals surface area contributed by atoms with E-state index in [-0.39, 0.29) is 11.8 Å². The van der Waals surface area contributed by atoms with Gasteiger partial charge in [-0.2, -0.15) is 0 Å². The van der Waals surface area contributed by atoms with Crippen LogP contribution >= 0.6 is 0 Å². The Kier molecular flexibility index (Phi) is 7.64. The second-order valence-electron chi connectivity index (χ2n) is 6.62. The van der Waals surface area contributed by atoms with E-state index in [2.05, 4.69) is 23.3 Å². The summed E-state index contributed by atoms with van der Waals surface area (Å²) in [7, 11) is 1.77. The zero-order chi connectivity index (χ0) is 18.1. The molecule has 5 nitrogen and oxygen atoms in total. The van der Waals surface area contributed by atoms with E-state index in [1.807, 2.05) is 0 Å². The minimum absolute atomic E-state index is 0.143. The van der Waals surface area contributed by atoms with Crippen LogP contribution in [0.15, 0.2) is 30.0 Å². The largest absolute Gasteiger partial charge is 0.352 e. The van der Waals surface area contributed by atoms with E-state index in [4.69, 9.17) is 0 Å². The van der Waals surface area contributed by atoms with Crippen molar-refractivity contribution in [2.75, 3.05) is 20.1 Å². The van der Waals surface area contributed by atoms with E-state index in [1.165, 1.54) is 24.6 Å². The summed E-state index contributed by atoms with van der Waals surface area (Å²) in [6, 6.07) is 3.23. The van der Waals surface area contributed by atoms with Crippen LogP contribution in [0.3, 0.4) is 0 Å². The SMILES string of the molecule is CCCCN(C)C(=O)c1cc(C(=O)NCCC2=CCCCC2)ccn1. The van der Waals surface area contributed by atoms with Crippen LogP contribution in [0.2, 0.25) is 0 Å². The Bertz CT molecular complexity index is 625. The number of amides is 2. The van der Waals surface area contributed by atoms with Gasteiger partial charge >= 0.3 is 0 Å². The number of pyridine rings is 1. The summed E-state index contributed by atoms with van der Waals surface area (Å²) in [5.41, 5.74) is 2.25. The molecule has 0 saturated heterocycles. The molecule has 1 aliphatic rings. The third kappa shape index (κ3) is 6.00. The molecule has 1 heterocycles. The van der Waals surface area contributed by atoms with E-state index >= 15 is 0 Å². The first kappa shape index (κ1) is 19.2. The molecule has 0 saturated carbocycles. The van der Waals surface area contributed by atoms with Crippen LogP contribution in [-0.4, -0.2) is 41.8 Å². The van der Waals surface area contributed by atoms with E-state index in [9.17, 15) is 9.59 Å². The van der Waals surface area contributed by atoms with Crippen LogP contribution in [0.4, 0.5) is 0 Å². The summed E-state index contributed by atoms with van der Waals surface area (Å²) < 4.78 is 0. The monoisotopic (exact) mass is 343 g/mol. The Morgan fingerprint density at radius 2 is 2.16 bits per heavy atom. The summed E-state index contributed by atoms with van der Waals surface area (Å²) in [5, 5.41) is 2.94. The first-order valence-electron chi connectivity index (χ1n) is 9.29. The van der Waals surface area contributed by atoms with Gasteiger partial charge in [0, 0.05) is 31.9 Å². The van der Waals surface area contributed by atoms with Crippen LogP contribution < -0.4 is 5.32 Å². The first-order valence-corrected chi connectivity index (χ1v) is 9.29. The fourth-order valence-electron chi connectivity index (χ4n) is 2.95. The number of carbonyl (C=O) groups is 2. The maximum absolute atomic E-state index is 12.4. The van der Waals surface area contributed by atoms with E-state index in [1.54, 1.807) is 24.1 Å². The topological polar surface area (TPSA) is 62.3 Å². The number of hydrogen-bond donors (Lipinski definition) is 1. The van der Waals surface area contributed by atoms with E-state index < -0.39 is 0 Å². The Morgan fingerprint density at radius 1 is 1.32 bits per heavy atom. The molecule has 0 atom stereocenters. The van der Waals surface area contributed by atoms with Crippen LogP contribution in [-0.2, 0) is 0 Å². The molecule has 0 radical (unpaired) electrons. The minimum Gasteiger partial charge on any atom is -0.352 e. The van der Waals surface area contributed by atoms with Crippen LogP contribution in [0, 0.1) is 0 Å². The van der Waals surface area contributed by atoms with Crippen molar-refractivity contribution in [1.82, 2.24) is 15.2 Å². The molecule has 2 rings (SSSR count). The van der Waals surface area contributed by atoms with Gasteiger partial charge in [0.1, 0.15) is 5.69 Å². The number of allylic oxidation sites excluding steroid dienone is 1. The van der Waals surface area contributed by atoms with Crippen LogP contribution in [0.1, 0.15) is 72.7 Å². The summed E-state index contributed by atoms with van der Waals surface area (Å²) in [6.07, 6.45) is 11.5. The third-order valence-corrected chi connectivity index (χ3v) is 4.55. The molecule has 0 aromatic carbocycles. The zero-order valence-electron chi connectivity index (χ0n) is 15.4. The average molecular weight is 343 g/mol. The molecule has 5 heteroatoms. The predicted molar refractivity (Wildman–Crippen MR) is 99.6 cm³/mol. The van der Waals surface area contributed by atoms with Crippen molar-refractivity contribution >= 4 is 11.8 Å². The Balaban J connectivity index is 1.89. The first-order chi connectivity index (χ1) is 12.1. The molecule has 0 aliphatic heterocycles. The van der Waals surface area contributed by atoms with Crippen molar-refractivity contribution in [1.29, 1.82) is 0 Å². The van der Waals surface area contributed by atoms with E-state index in [0.717, 1.165) is 32.1 Å². The number of aromatic nitrogens is 1. The lowest BCUT2D eigenvalue weighted by molar-refractivity contribution is 0.0787. The molecular formula is C20H29N3O2. The highest BCUT2D eigenvalue weighted by molar-refractivity contribution is 5.98. The highest BCUT2D eigenvalue weighted by atomic mass is 16.2. The Labute approximate surface area is 150 Å². The molecule has 1 aromatic heterocycles. The van der Waals surface area contributed by atoms with Crippen molar-refractivity contribution in [2.24, 2.45) is 0 Å². The summed E-state index contributed by atoms with van der Waals surface area (Å²) in [6.45, 7) is 3.42. The lowest BCUT2D eigenvalue weighted by Gasteiger charge is -2.16. The smallest absolute Gasteiger partial charge is 0.272 e. The lowest BCUT2D eigenvalue weighted by atomic mass is 9.97. The highest BCUT2D eigenvalue weighted by Gasteiger charge is 2.15. The Morgan fingerprint density at radius 3 is 2.88 bits per heavy atom. The summed E-state index contributed by atoms with van der Waals surface area (Å²) >= 11 is 0. The van der Waals surface area contributed by atoms with Gasteiger partial charge in [0.2, 0.25) is 0 Å². The molecular weight excluding hydrogens is 314 g/mol. The van der Waals surface area contributed by atoms with Gasteiger partial charge in [0.05, 0.1) is 0 Å². The second-order valence-corrected chi connectivity index (χ2v) is 6.62. The standard InChI is InChI=1S/C20H29N3O2/c1-3-4-14-23(2)20(25)18-15-17(11-13-21-18)19(24)22-12-10-16-8-6-5-7-9-16/h8,11,13,15H,3-7,9-10,12,14H2,1-2H3,(H,22,24). The molecule has 25 heavy (non-hydrogen) atoms. The maximum Gasteiger partial charge on any atom is 0.272 e. The molecule has 1 aliphatic carbocycles. The van der Waals surface area contributed by atoms with Gasteiger partial charge in [-0.3, -0.25) is 14.6 Å². The molecule has 0 fully saturated rings. The zero-order valence-corrected chi connectivity index (χ0v) is 15.4. The molecule has 1 aromatic rings. The number of nitrogens with one attached hydrogen (secondary N) is 1. The second kappa shape index (κ2) is 9.97. The van der Waals surface area contributed by atoms with Gasteiger partial charge < -0.3 is 10.2 Å². The van der Waals surface area contributed by atoms with Gasteiger partial charge in [0.15, 0.2) is 0 Å². The minimum atomic E-state index is -0.149. The van der Waals surface area contributed by atoms with Crippen molar-refractivity contribution < 1.29 is 9.59 Å². The fourth-order valence-corrected chi connectivity index (χ4v) is 2.95. The summed E-state index contributed by atoms with van der Waals surface area (Å²) in [5.74, 6) is -0.292. The number of nitrogens with zero attached hydrogens (tertiary/aromatic N) is 2. The molecule has 1 N–H and O–H groups in total. The molecule has 0 unspecified atom stereocenters. The van der Waals surface area contributed by atoms with E-state index in [0.29, 0.717) is 24.3 Å². The fraction of sp³-hybridized carbons (Fsp3) is 0.550. The number of rotatable bonds is 8. The molecule has 0 spiro atoms. The number of hydrogen-bond acceptors (Lipinski definition) is 3. The quantitative estimate of drug-likeness (QED) is 0.734. The number of unbranched alkanes of at least 4 members (excludes halogenated alkanes) is 1. The van der Waals surface area contributed by atoms with Crippen molar-refractivity contribution in [3.63, 3.8) is 0 Å². The van der Waals surface area contributed by atoms with Gasteiger partial charge in [0.25, 0.3) is 11.8 Å². The van der Waals surface area contributed by atoms with Gasteiger partial charge in [-0.15, -0.1) is 0 Å². The van der Waals surface area contributed by atoms with Crippen molar-refractivity contribution in [3.05, 3.63) is 41.2 Å². The molecule has 0 bridgehead atoms. The van der Waals surface area contributed by atoms with Gasteiger partial charge in [-0.05, 0) is 50.7 Å². The Hall–Kier alpha value is -2.17. The molecule has 136 valence electrons.